The highest BCUT2D eigenvalue weighted by Gasteiger charge is 2.15. The molecule has 0 fully saturated rings. The summed E-state index contributed by atoms with van der Waals surface area (Å²) in [5.41, 5.74) is 5.46. The minimum atomic E-state index is -0.494. The quantitative estimate of drug-likeness (QED) is 0.579. The van der Waals surface area contributed by atoms with Gasteiger partial charge in [-0.25, -0.2) is 0 Å². The zero-order valence-corrected chi connectivity index (χ0v) is 9.17. The van der Waals surface area contributed by atoms with E-state index in [2.05, 4.69) is 0 Å². The molecule has 4 nitrogen and oxygen atoms in total. The summed E-state index contributed by atoms with van der Waals surface area (Å²) >= 11 is 4.84. The first-order valence-electron chi connectivity index (χ1n) is 4.15. The van der Waals surface area contributed by atoms with E-state index in [-0.39, 0.29) is 6.04 Å². The van der Waals surface area contributed by atoms with Gasteiger partial charge in [-0.15, -0.1) is 0 Å². The Morgan fingerprint density at radius 3 is 2.62 bits per heavy atom. The van der Waals surface area contributed by atoms with Crippen LogP contribution in [-0.4, -0.2) is 54.4 Å². The van der Waals surface area contributed by atoms with E-state index in [4.69, 9.17) is 22.7 Å². The van der Waals surface area contributed by atoms with Gasteiger partial charge >= 0.3 is 0 Å². The maximum atomic E-state index is 9.40. The number of aliphatic hydroxyl groups is 1. The van der Waals surface area contributed by atoms with Crippen molar-refractivity contribution in [1.82, 2.24) is 4.90 Å². The number of hydrogen-bond donors (Lipinski definition) is 2. The Morgan fingerprint density at radius 2 is 2.23 bits per heavy atom. The Kier molecular flexibility index (Phi) is 6.15. The van der Waals surface area contributed by atoms with Gasteiger partial charge in [0.25, 0.3) is 0 Å². The lowest BCUT2D eigenvalue weighted by Crippen LogP contribution is -2.43. The summed E-state index contributed by atoms with van der Waals surface area (Å²) in [7, 11) is 3.42. The number of hydrogen-bond acceptors (Lipinski definition) is 4. The van der Waals surface area contributed by atoms with Crippen molar-refractivity contribution in [3.63, 3.8) is 0 Å². The molecule has 0 radical (unpaired) electrons. The van der Waals surface area contributed by atoms with Gasteiger partial charge in [0, 0.05) is 13.7 Å². The van der Waals surface area contributed by atoms with Crippen molar-refractivity contribution in [2.45, 2.75) is 19.1 Å². The average Bonchev–Trinajstić information content (AvgIpc) is 2.03. The van der Waals surface area contributed by atoms with Crippen molar-refractivity contribution < 1.29 is 9.84 Å². The molecular weight excluding hydrogens is 188 g/mol. The van der Waals surface area contributed by atoms with Crippen LogP contribution in [0.25, 0.3) is 0 Å². The van der Waals surface area contributed by atoms with E-state index in [1.54, 1.807) is 7.11 Å². The number of rotatable bonds is 6. The molecule has 2 atom stereocenters. The zero-order chi connectivity index (χ0) is 10.4. The summed E-state index contributed by atoms with van der Waals surface area (Å²) in [4.78, 5) is 2.33. The Morgan fingerprint density at radius 1 is 1.69 bits per heavy atom. The maximum absolute atomic E-state index is 9.40. The SMILES string of the molecule is COCC(O)CN(C)C(C)C(N)=S. The van der Waals surface area contributed by atoms with Gasteiger partial charge in [-0.1, -0.05) is 12.2 Å². The van der Waals surface area contributed by atoms with E-state index in [0.717, 1.165) is 0 Å². The van der Waals surface area contributed by atoms with Crippen molar-refractivity contribution in [3.05, 3.63) is 0 Å². The molecule has 0 aromatic carbocycles. The third-order valence-corrected chi connectivity index (χ3v) is 2.27. The van der Waals surface area contributed by atoms with Gasteiger partial charge in [-0.05, 0) is 14.0 Å². The molecule has 78 valence electrons. The van der Waals surface area contributed by atoms with Crippen LogP contribution >= 0.6 is 12.2 Å². The van der Waals surface area contributed by atoms with Crippen molar-refractivity contribution in [2.24, 2.45) is 5.73 Å². The molecule has 0 aliphatic rings. The molecule has 0 rings (SSSR count). The molecule has 13 heavy (non-hydrogen) atoms. The molecule has 0 aromatic rings. The molecule has 2 unspecified atom stereocenters. The van der Waals surface area contributed by atoms with Gasteiger partial charge in [0.2, 0.25) is 0 Å². The summed E-state index contributed by atoms with van der Waals surface area (Å²) in [6.45, 7) is 2.74. The summed E-state index contributed by atoms with van der Waals surface area (Å²) in [5.74, 6) is 0. The maximum Gasteiger partial charge on any atom is 0.0900 e. The van der Waals surface area contributed by atoms with Crippen LogP contribution in [-0.2, 0) is 4.74 Å². The molecule has 0 bridgehead atoms. The van der Waals surface area contributed by atoms with E-state index < -0.39 is 6.10 Å². The van der Waals surface area contributed by atoms with Crippen LogP contribution in [0, 0.1) is 0 Å². The molecule has 0 saturated heterocycles. The fourth-order valence-electron chi connectivity index (χ4n) is 0.953. The minimum Gasteiger partial charge on any atom is -0.392 e. The van der Waals surface area contributed by atoms with E-state index in [1.165, 1.54) is 0 Å². The number of methoxy groups -OCH3 is 1. The third kappa shape index (κ3) is 5.15. The van der Waals surface area contributed by atoms with E-state index in [1.807, 2.05) is 18.9 Å². The van der Waals surface area contributed by atoms with Crippen molar-refractivity contribution in [3.8, 4) is 0 Å². The highest BCUT2D eigenvalue weighted by atomic mass is 32.1. The van der Waals surface area contributed by atoms with Crippen LogP contribution in [0.3, 0.4) is 0 Å². The first-order valence-corrected chi connectivity index (χ1v) is 4.56. The van der Waals surface area contributed by atoms with Gasteiger partial charge in [-0.3, -0.25) is 4.90 Å². The fourth-order valence-corrected chi connectivity index (χ4v) is 1.13. The zero-order valence-electron chi connectivity index (χ0n) is 8.36. The predicted molar refractivity (Wildman–Crippen MR) is 56.8 cm³/mol. The second-order valence-corrected chi connectivity index (χ2v) is 3.60. The van der Waals surface area contributed by atoms with E-state index >= 15 is 0 Å². The van der Waals surface area contributed by atoms with E-state index in [9.17, 15) is 5.11 Å². The Bertz CT molecular complexity index is 166. The van der Waals surface area contributed by atoms with Gasteiger partial charge in [0.15, 0.2) is 0 Å². The Hall–Kier alpha value is -0.230. The molecule has 3 N–H and O–H groups in total. The average molecular weight is 206 g/mol. The lowest BCUT2D eigenvalue weighted by Gasteiger charge is -2.25. The van der Waals surface area contributed by atoms with Crippen LogP contribution < -0.4 is 5.73 Å². The highest BCUT2D eigenvalue weighted by Crippen LogP contribution is 1.98. The van der Waals surface area contributed by atoms with Gasteiger partial charge in [0.1, 0.15) is 0 Å². The van der Waals surface area contributed by atoms with Crippen LogP contribution in [0.2, 0.25) is 0 Å². The topological polar surface area (TPSA) is 58.7 Å². The number of likely N-dealkylation sites (N-methyl/N-ethyl adjacent to an activating group) is 1. The van der Waals surface area contributed by atoms with Crippen molar-refractivity contribution >= 4 is 17.2 Å². The number of thiocarbonyl (C=S) groups is 1. The standard InChI is InChI=1S/C8H18N2O2S/c1-6(8(9)13)10(2)4-7(11)5-12-3/h6-7,11H,4-5H2,1-3H3,(H2,9,13). The molecule has 0 aromatic heterocycles. The minimum absolute atomic E-state index is 0.00139. The molecule has 0 heterocycles. The van der Waals surface area contributed by atoms with E-state index in [0.29, 0.717) is 18.1 Å². The molecule has 0 aliphatic carbocycles. The monoisotopic (exact) mass is 206 g/mol. The second kappa shape index (κ2) is 6.26. The lowest BCUT2D eigenvalue weighted by molar-refractivity contribution is 0.0409. The normalized spacial score (nSPS) is 15.8. The molecule has 0 spiro atoms. The van der Waals surface area contributed by atoms with Crippen LogP contribution in [0.5, 0.6) is 0 Å². The molecular formula is C8H18N2O2S. The lowest BCUT2D eigenvalue weighted by atomic mass is 10.2. The van der Waals surface area contributed by atoms with Gasteiger partial charge in [-0.2, -0.15) is 0 Å². The smallest absolute Gasteiger partial charge is 0.0900 e. The third-order valence-electron chi connectivity index (χ3n) is 1.93. The highest BCUT2D eigenvalue weighted by molar-refractivity contribution is 7.80. The molecule has 0 saturated carbocycles. The van der Waals surface area contributed by atoms with Crippen LogP contribution in [0.15, 0.2) is 0 Å². The first-order chi connectivity index (χ1) is 5.99. The van der Waals surface area contributed by atoms with Crippen molar-refractivity contribution in [1.29, 1.82) is 0 Å². The molecule has 0 aliphatic heterocycles. The number of aliphatic hydroxyl groups excluding tert-OH is 1. The van der Waals surface area contributed by atoms with Gasteiger partial charge < -0.3 is 15.6 Å². The van der Waals surface area contributed by atoms with Crippen LogP contribution in [0.1, 0.15) is 6.92 Å². The van der Waals surface area contributed by atoms with Crippen molar-refractivity contribution in [2.75, 3.05) is 27.3 Å². The Balaban J connectivity index is 3.84. The number of nitrogens with zero attached hydrogens (tertiary/aromatic N) is 1. The fraction of sp³-hybridized carbons (Fsp3) is 0.875. The summed E-state index contributed by atoms with van der Waals surface area (Å²) < 4.78 is 4.80. The van der Waals surface area contributed by atoms with Crippen LogP contribution in [0.4, 0.5) is 0 Å². The number of ether oxygens (including phenoxy) is 1. The summed E-state index contributed by atoms with van der Waals surface area (Å²) in [6.07, 6.45) is -0.494. The summed E-state index contributed by atoms with van der Waals surface area (Å²) in [6, 6.07) is 0.00139. The predicted octanol–water partition coefficient (Wildman–Crippen LogP) is -0.400. The largest absolute Gasteiger partial charge is 0.392 e. The summed E-state index contributed by atoms with van der Waals surface area (Å²) in [5, 5.41) is 9.40. The molecule has 0 amide bonds. The number of nitrogens with two attached hydrogens (primary N) is 1. The Labute approximate surface area is 84.7 Å². The second-order valence-electron chi connectivity index (χ2n) is 3.13. The van der Waals surface area contributed by atoms with Gasteiger partial charge in [0.05, 0.1) is 23.7 Å². The molecule has 5 heteroatoms. The first kappa shape index (κ1) is 12.8.